The van der Waals surface area contributed by atoms with Crippen LogP contribution in [0.1, 0.15) is 17.5 Å². The van der Waals surface area contributed by atoms with Crippen molar-refractivity contribution in [2.24, 2.45) is 0 Å². The molecular weight excluding hydrogens is 446 g/mol. The molecule has 0 aromatic heterocycles. The van der Waals surface area contributed by atoms with Gasteiger partial charge in [-0.15, -0.1) is 0 Å². The van der Waals surface area contributed by atoms with Crippen LogP contribution >= 0.6 is 11.6 Å². The van der Waals surface area contributed by atoms with Gasteiger partial charge in [0.15, 0.2) is 6.61 Å². The van der Waals surface area contributed by atoms with E-state index < -0.39 is 4.92 Å². The highest BCUT2D eigenvalue weighted by Gasteiger charge is 2.24. The lowest BCUT2D eigenvalue weighted by Gasteiger charge is -2.30. The summed E-state index contributed by atoms with van der Waals surface area (Å²) in [6.45, 7) is 0.202. The molecule has 0 fully saturated rings. The largest absolute Gasteiger partial charge is 0.484 e. The van der Waals surface area contributed by atoms with E-state index in [1.807, 2.05) is 24.3 Å². The van der Waals surface area contributed by atoms with E-state index in [-0.39, 0.29) is 24.1 Å². The monoisotopic (exact) mass is 465 g/mol. The molecule has 0 saturated carbocycles. The highest BCUT2D eigenvalue weighted by atomic mass is 35.5. The number of rotatable bonds is 7. The minimum absolute atomic E-state index is 0.0470. The molecule has 0 saturated heterocycles. The molecule has 1 aliphatic rings. The van der Waals surface area contributed by atoms with Gasteiger partial charge in [-0.25, -0.2) is 0 Å². The van der Waals surface area contributed by atoms with E-state index in [9.17, 15) is 19.7 Å². The second kappa shape index (κ2) is 9.70. The molecule has 2 amide bonds. The van der Waals surface area contributed by atoms with Crippen molar-refractivity contribution in [2.75, 3.05) is 16.8 Å². The first-order valence-corrected chi connectivity index (χ1v) is 10.6. The maximum absolute atomic E-state index is 12.5. The van der Waals surface area contributed by atoms with Crippen LogP contribution in [0.15, 0.2) is 66.7 Å². The zero-order valence-electron chi connectivity index (χ0n) is 17.5. The van der Waals surface area contributed by atoms with E-state index in [1.165, 1.54) is 24.3 Å². The number of benzene rings is 3. The summed E-state index contributed by atoms with van der Waals surface area (Å²) in [5.41, 5.74) is 3.32. The molecular formula is C24H20ClN3O5. The number of fused-ring (bicyclic) bond motifs is 1. The van der Waals surface area contributed by atoms with Crippen molar-refractivity contribution < 1.29 is 19.2 Å². The Bertz CT molecular complexity index is 1200. The van der Waals surface area contributed by atoms with Crippen LogP contribution in [0, 0.1) is 10.1 Å². The third kappa shape index (κ3) is 5.48. The van der Waals surface area contributed by atoms with Gasteiger partial charge in [-0.05, 0) is 60.0 Å². The fourth-order valence-electron chi connectivity index (χ4n) is 3.59. The molecule has 168 valence electrons. The van der Waals surface area contributed by atoms with Gasteiger partial charge in [0.2, 0.25) is 5.91 Å². The number of nitrogens with zero attached hydrogens (tertiary/aromatic N) is 2. The average Bonchev–Trinajstić information content (AvgIpc) is 2.81. The zero-order chi connectivity index (χ0) is 23.4. The van der Waals surface area contributed by atoms with Crippen LogP contribution in [-0.4, -0.2) is 23.3 Å². The number of nitro benzene ring substituents is 1. The molecule has 4 rings (SSSR count). The summed E-state index contributed by atoms with van der Waals surface area (Å²) < 4.78 is 5.40. The number of non-ortho nitro benzene ring substituents is 1. The normalized spacial score (nSPS) is 12.8. The second-order valence-corrected chi connectivity index (χ2v) is 7.97. The SMILES string of the molecule is O=C(COc1ccc([N+](=O)[O-])cc1)Nc1ccc2c(c1)CCC(=O)N2Cc1ccc(Cl)cc1. The summed E-state index contributed by atoms with van der Waals surface area (Å²) in [6, 6.07) is 18.3. The van der Waals surface area contributed by atoms with Crippen molar-refractivity contribution in [3.63, 3.8) is 0 Å². The van der Waals surface area contributed by atoms with Crippen LogP contribution in [0.2, 0.25) is 5.02 Å². The summed E-state index contributed by atoms with van der Waals surface area (Å²) in [6.07, 6.45) is 0.982. The molecule has 1 N–H and O–H groups in total. The molecule has 8 nitrogen and oxygen atoms in total. The van der Waals surface area contributed by atoms with Gasteiger partial charge < -0.3 is 15.0 Å². The Hall–Kier alpha value is -3.91. The number of nitrogens with one attached hydrogen (secondary N) is 1. The summed E-state index contributed by atoms with van der Waals surface area (Å²) in [5, 5.41) is 14.1. The topological polar surface area (TPSA) is 102 Å². The molecule has 9 heteroatoms. The summed E-state index contributed by atoms with van der Waals surface area (Å²) in [4.78, 5) is 36.8. The number of amides is 2. The Balaban J connectivity index is 1.39. The highest BCUT2D eigenvalue weighted by molar-refractivity contribution is 6.30. The minimum Gasteiger partial charge on any atom is -0.484 e. The number of ether oxygens (including phenoxy) is 1. The first kappa shape index (κ1) is 22.3. The first-order chi connectivity index (χ1) is 15.9. The average molecular weight is 466 g/mol. The van der Waals surface area contributed by atoms with Crippen LogP contribution in [-0.2, 0) is 22.6 Å². The number of carbonyl (C=O) groups excluding carboxylic acids is 2. The van der Waals surface area contributed by atoms with E-state index in [0.717, 1.165) is 16.8 Å². The van der Waals surface area contributed by atoms with E-state index in [1.54, 1.807) is 23.1 Å². The Morgan fingerprint density at radius 2 is 1.79 bits per heavy atom. The van der Waals surface area contributed by atoms with Crippen LogP contribution in [0.25, 0.3) is 0 Å². The number of aryl methyl sites for hydroxylation is 1. The zero-order valence-corrected chi connectivity index (χ0v) is 18.2. The molecule has 0 aliphatic carbocycles. The van der Waals surface area contributed by atoms with Gasteiger partial charge in [0.1, 0.15) is 5.75 Å². The second-order valence-electron chi connectivity index (χ2n) is 7.54. The molecule has 0 atom stereocenters. The number of hydrogen-bond donors (Lipinski definition) is 1. The number of carbonyl (C=O) groups is 2. The fraction of sp³-hybridized carbons (Fsp3) is 0.167. The first-order valence-electron chi connectivity index (χ1n) is 10.2. The van der Waals surface area contributed by atoms with Crippen LogP contribution in [0.3, 0.4) is 0 Å². The Kier molecular flexibility index (Phi) is 6.55. The lowest BCUT2D eigenvalue weighted by Crippen LogP contribution is -2.34. The number of halogens is 1. The molecule has 0 bridgehead atoms. The molecule has 3 aromatic carbocycles. The summed E-state index contributed by atoms with van der Waals surface area (Å²) in [5.74, 6) is 0.0430. The van der Waals surface area contributed by atoms with E-state index >= 15 is 0 Å². The van der Waals surface area contributed by atoms with Gasteiger partial charge in [-0.2, -0.15) is 0 Å². The molecule has 0 unspecified atom stereocenters. The standard InChI is InChI=1S/C24H20ClN3O5/c25-18-4-1-16(2-5-18)14-27-22-11-6-19(13-17(22)3-12-24(27)30)26-23(29)15-33-21-9-7-20(8-10-21)28(31)32/h1-2,4-11,13H,3,12,14-15H2,(H,26,29). The molecule has 0 radical (unpaired) electrons. The Labute approximate surface area is 194 Å². The van der Waals surface area contributed by atoms with E-state index in [0.29, 0.717) is 35.8 Å². The minimum atomic E-state index is -0.503. The molecule has 0 spiro atoms. The third-order valence-corrected chi connectivity index (χ3v) is 5.49. The van der Waals surface area contributed by atoms with Crippen molar-refractivity contribution >= 4 is 40.5 Å². The van der Waals surface area contributed by atoms with Gasteiger partial charge in [0.25, 0.3) is 11.6 Å². The lowest BCUT2D eigenvalue weighted by molar-refractivity contribution is -0.384. The smallest absolute Gasteiger partial charge is 0.269 e. The highest BCUT2D eigenvalue weighted by Crippen LogP contribution is 2.31. The van der Waals surface area contributed by atoms with Gasteiger partial charge in [0, 0.05) is 35.0 Å². The molecule has 1 heterocycles. The van der Waals surface area contributed by atoms with Gasteiger partial charge in [-0.3, -0.25) is 19.7 Å². The number of hydrogen-bond acceptors (Lipinski definition) is 5. The van der Waals surface area contributed by atoms with Crippen molar-refractivity contribution in [3.8, 4) is 5.75 Å². The van der Waals surface area contributed by atoms with Crippen molar-refractivity contribution in [1.82, 2.24) is 0 Å². The molecule has 3 aromatic rings. The van der Waals surface area contributed by atoms with Gasteiger partial charge >= 0.3 is 0 Å². The lowest BCUT2D eigenvalue weighted by atomic mass is 9.99. The van der Waals surface area contributed by atoms with Crippen molar-refractivity contribution in [2.45, 2.75) is 19.4 Å². The predicted octanol–water partition coefficient (Wildman–Crippen LogP) is 4.75. The number of nitro groups is 1. The third-order valence-electron chi connectivity index (χ3n) is 5.23. The quantitative estimate of drug-likeness (QED) is 0.401. The van der Waals surface area contributed by atoms with E-state index in [4.69, 9.17) is 16.3 Å². The maximum Gasteiger partial charge on any atom is 0.269 e. The van der Waals surface area contributed by atoms with Gasteiger partial charge in [-0.1, -0.05) is 23.7 Å². The van der Waals surface area contributed by atoms with E-state index in [2.05, 4.69) is 5.32 Å². The van der Waals surface area contributed by atoms with Crippen molar-refractivity contribution in [1.29, 1.82) is 0 Å². The van der Waals surface area contributed by atoms with Gasteiger partial charge in [0.05, 0.1) is 11.5 Å². The van der Waals surface area contributed by atoms with Crippen molar-refractivity contribution in [3.05, 3.63) is 93.0 Å². The summed E-state index contributed by atoms with van der Waals surface area (Å²) in [7, 11) is 0. The Morgan fingerprint density at radius 3 is 2.48 bits per heavy atom. The van der Waals surface area contributed by atoms with Crippen LogP contribution < -0.4 is 15.0 Å². The summed E-state index contributed by atoms with van der Waals surface area (Å²) >= 11 is 5.95. The molecule has 1 aliphatic heterocycles. The maximum atomic E-state index is 12.5. The number of anilines is 2. The Morgan fingerprint density at radius 1 is 1.06 bits per heavy atom. The molecule has 33 heavy (non-hydrogen) atoms. The predicted molar refractivity (Wildman–Crippen MR) is 125 cm³/mol. The van der Waals surface area contributed by atoms with Crippen LogP contribution in [0.4, 0.5) is 17.1 Å². The van der Waals surface area contributed by atoms with Crippen LogP contribution in [0.5, 0.6) is 5.75 Å². The fourth-order valence-corrected chi connectivity index (χ4v) is 3.72.